The standard InChI is InChI=1S/C26H30N4O3/c1-4-21(20-10-6-5-7-11-20)26(31)30-15-14-29(17-19(30)2)24-16-25(28-18-27-24)33-23-13-9-8-12-22(23)32-3/h5-13,16,18-19,21H,4,14-15,17H2,1-3H3/t19-,21+/m1/s1. The first-order valence-electron chi connectivity index (χ1n) is 11.3. The number of nitrogens with zero attached hydrogens (tertiary/aromatic N) is 4. The van der Waals surface area contributed by atoms with Crippen LogP contribution in [0.25, 0.3) is 0 Å². The number of aromatic nitrogens is 2. The van der Waals surface area contributed by atoms with Crippen LogP contribution in [0.2, 0.25) is 0 Å². The van der Waals surface area contributed by atoms with Gasteiger partial charge in [-0.2, -0.15) is 0 Å². The van der Waals surface area contributed by atoms with Gasteiger partial charge in [-0.05, 0) is 31.0 Å². The van der Waals surface area contributed by atoms with Crippen LogP contribution in [0.3, 0.4) is 0 Å². The number of methoxy groups -OCH3 is 1. The van der Waals surface area contributed by atoms with Crippen LogP contribution in [0.5, 0.6) is 17.4 Å². The van der Waals surface area contributed by atoms with Crippen LogP contribution in [0.4, 0.5) is 5.82 Å². The third-order valence-electron chi connectivity index (χ3n) is 6.05. The molecule has 1 aliphatic rings. The van der Waals surface area contributed by atoms with Gasteiger partial charge in [-0.25, -0.2) is 9.97 Å². The Morgan fingerprint density at radius 1 is 1.06 bits per heavy atom. The highest BCUT2D eigenvalue weighted by atomic mass is 16.5. The summed E-state index contributed by atoms with van der Waals surface area (Å²) in [6.45, 7) is 6.21. The molecule has 4 rings (SSSR count). The number of rotatable bonds is 7. The Morgan fingerprint density at radius 2 is 1.79 bits per heavy atom. The molecule has 0 spiro atoms. The minimum atomic E-state index is -0.111. The fraction of sp³-hybridized carbons (Fsp3) is 0.346. The van der Waals surface area contributed by atoms with Gasteiger partial charge in [0.25, 0.3) is 0 Å². The van der Waals surface area contributed by atoms with E-state index < -0.39 is 0 Å². The lowest BCUT2D eigenvalue weighted by Crippen LogP contribution is -2.55. The molecule has 0 aliphatic carbocycles. The molecule has 2 heterocycles. The average Bonchev–Trinajstić information content (AvgIpc) is 2.85. The van der Waals surface area contributed by atoms with Gasteiger partial charge < -0.3 is 19.3 Å². The summed E-state index contributed by atoms with van der Waals surface area (Å²) in [6.07, 6.45) is 2.29. The maximum atomic E-state index is 13.4. The van der Waals surface area contributed by atoms with E-state index in [0.717, 1.165) is 17.8 Å². The van der Waals surface area contributed by atoms with Crippen molar-refractivity contribution in [2.75, 3.05) is 31.6 Å². The lowest BCUT2D eigenvalue weighted by molar-refractivity contribution is -0.135. The van der Waals surface area contributed by atoms with E-state index >= 15 is 0 Å². The molecule has 1 aliphatic heterocycles. The van der Waals surface area contributed by atoms with Gasteiger partial charge in [-0.15, -0.1) is 0 Å². The highest BCUT2D eigenvalue weighted by Crippen LogP contribution is 2.31. The van der Waals surface area contributed by atoms with Crippen molar-refractivity contribution in [3.8, 4) is 17.4 Å². The largest absolute Gasteiger partial charge is 0.493 e. The van der Waals surface area contributed by atoms with E-state index in [1.54, 1.807) is 7.11 Å². The zero-order valence-electron chi connectivity index (χ0n) is 19.3. The van der Waals surface area contributed by atoms with Crippen LogP contribution in [0, 0.1) is 0 Å². The van der Waals surface area contributed by atoms with Crippen molar-refractivity contribution >= 4 is 11.7 Å². The fourth-order valence-electron chi connectivity index (χ4n) is 4.31. The minimum absolute atomic E-state index is 0.0672. The van der Waals surface area contributed by atoms with Crippen molar-refractivity contribution in [1.82, 2.24) is 14.9 Å². The molecule has 2 atom stereocenters. The molecule has 2 aromatic carbocycles. The van der Waals surface area contributed by atoms with Gasteiger partial charge >= 0.3 is 0 Å². The molecule has 33 heavy (non-hydrogen) atoms. The molecular weight excluding hydrogens is 416 g/mol. The first kappa shape index (κ1) is 22.6. The maximum absolute atomic E-state index is 13.4. The number of hydrogen-bond donors (Lipinski definition) is 0. The third-order valence-corrected chi connectivity index (χ3v) is 6.05. The number of piperazine rings is 1. The second-order valence-corrected chi connectivity index (χ2v) is 8.17. The molecule has 0 N–H and O–H groups in total. The van der Waals surface area contributed by atoms with Gasteiger partial charge in [-0.3, -0.25) is 4.79 Å². The van der Waals surface area contributed by atoms with Gasteiger partial charge in [-0.1, -0.05) is 49.4 Å². The van der Waals surface area contributed by atoms with E-state index in [9.17, 15) is 4.79 Å². The smallest absolute Gasteiger partial charge is 0.230 e. The van der Waals surface area contributed by atoms with Crippen molar-refractivity contribution in [2.45, 2.75) is 32.2 Å². The lowest BCUT2D eigenvalue weighted by Gasteiger charge is -2.41. The zero-order chi connectivity index (χ0) is 23.2. The van der Waals surface area contributed by atoms with E-state index in [2.05, 4.69) is 28.7 Å². The summed E-state index contributed by atoms with van der Waals surface area (Å²) >= 11 is 0. The van der Waals surface area contributed by atoms with Crippen molar-refractivity contribution in [3.05, 3.63) is 72.6 Å². The van der Waals surface area contributed by atoms with E-state index in [0.29, 0.717) is 37.0 Å². The average molecular weight is 447 g/mol. The van der Waals surface area contributed by atoms with E-state index in [1.165, 1.54) is 6.33 Å². The molecule has 1 fully saturated rings. The molecule has 172 valence electrons. The molecule has 3 aromatic rings. The van der Waals surface area contributed by atoms with Crippen molar-refractivity contribution in [2.24, 2.45) is 0 Å². The van der Waals surface area contributed by atoms with E-state index in [4.69, 9.17) is 9.47 Å². The van der Waals surface area contributed by atoms with Crippen LogP contribution in [0.1, 0.15) is 31.7 Å². The summed E-state index contributed by atoms with van der Waals surface area (Å²) in [5.74, 6) is 2.55. The van der Waals surface area contributed by atoms with Gasteiger partial charge in [0.15, 0.2) is 11.5 Å². The Hall–Kier alpha value is -3.61. The molecule has 7 heteroatoms. The van der Waals surface area contributed by atoms with E-state index in [1.807, 2.05) is 65.6 Å². The number of carbonyl (C=O) groups is 1. The number of benzene rings is 2. The van der Waals surface area contributed by atoms with Crippen LogP contribution < -0.4 is 14.4 Å². The molecule has 1 amide bonds. The first-order chi connectivity index (χ1) is 16.1. The van der Waals surface area contributed by atoms with Gasteiger partial charge in [0.05, 0.1) is 13.0 Å². The van der Waals surface area contributed by atoms with Crippen LogP contribution in [-0.2, 0) is 4.79 Å². The molecule has 1 aromatic heterocycles. The van der Waals surface area contributed by atoms with Crippen molar-refractivity contribution in [1.29, 1.82) is 0 Å². The number of hydrogen-bond acceptors (Lipinski definition) is 6. The number of amides is 1. The van der Waals surface area contributed by atoms with Crippen LogP contribution >= 0.6 is 0 Å². The molecular formula is C26H30N4O3. The summed E-state index contributed by atoms with van der Waals surface area (Å²) in [5.41, 5.74) is 1.08. The molecule has 0 bridgehead atoms. The first-order valence-corrected chi connectivity index (χ1v) is 11.3. The number of para-hydroxylation sites is 2. The highest BCUT2D eigenvalue weighted by molar-refractivity contribution is 5.84. The maximum Gasteiger partial charge on any atom is 0.230 e. The predicted octanol–water partition coefficient (Wildman–Crippen LogP) is 4.51. The fourth-order valence-corrected chi connectivity index (χ4v) is 4.31. The minimum Gasteiger partial charge on any atom is -0.493 e. The van der Waals surface area contributed by atoms with Crippen LogP contribution in [-0.4, -0.2) is 53.6 Å². The normalized spacial score (nSPS) is 16.9. The SMILES string of the molecule is CC[C@H](C(=O)N1CCN(c2cc(Oc3ccccc3OC)ncn2)C[C@H]1C)c1ccccc1. The highest BCUT2D eigenvalue weighted by Gasteiger charge is 2.32. The Morgan fingerprint density at radius 3 is 2.48 bits per heavy atom. The Bertz CT molecular complexity index is 1080. The van der Waals surface area contributed by atoms with Gasteiger partial charge in [0, 0.05) is 31.7 Å². The quantitative estimate of drug-likeness (QED) is 0.532. The number of carbonyl (C=O) groups excluding carboxylic acids is 1. The lowest BCUT2D eigenvalue weighted by atomic mass is 9.94. The summed E-state index contributed by atoms with van der Waals surface area (Å²) in [6, 6.07) is 19.4. The molecule has 0 saturated carbocycles. The molecule has 7 nitrogen and oxygen atoms in total. The third kappa shape index (κ3) is 5.08. The predicted molar refractivity (Wildman–Crippen MR) is 128 cm³/mol. The second kappa shape index (κ2) is 10.3. The Kier molecular flexibility index (Phi) is 7.07. The summed E-state index contributed by atoms with van der Waals surface area (Å²) in [7, 11) is 1.61. The monoisotopic (exact) mass is 446 g/mol. The molecule has 0 unspecified atom stereocenters. The number of ether oxygens (including phenoxy) is 2. The van der Waals surface area contributed by atoms with Crippen molar-refractivity contribution < 1.29 is 14.3 Å². The summed E-state index contributed by atoms with van der Waals surface area (Å²) in [4.78, 5) is 26.2. The Labute approximate surface area is 195 Å². The molecule has 1 saturated heterocycles. The molecule has 0 radical (unpaired) electrons. The van der Waals surface area contributed by atoms with E-state index in [-0.39, 0.29) is 17.9 Å². The number of anilines is 1. The summed E-state index contributed by atoms with van der Waals surface area (Å²) < 4.78 is 11.3. The zero-order valence-corrected chi connectivity index (χ0v) is 19.3. The topological polar surface area (TPSA) is 67.8 Å². The summed E-state index contributed by atoms with van der Waals surface area (Å²) in [5, 5.41) is 0. The van der Waals surface area contributed by atoms with Crippen LogP contribution in [0.15, 0.2) is 67.0 Å². The van der Waals surface area contributed by atoms with Gasteiger partial charge in [0.2, 0.25) is 11.8 Å². The second-order valence-electron chi connectivity index (χ2n) is 8.17. The van der Waals surface area contributed by atoms with Crippen molar-refractivity contribution in [3.63, 3.8) is 0 Å². The van der Waals surface area contributed by atoms with Gasteiger partial charge in [0.1, 0.15) is 12.1 Å². The Balaban J connectivity index is 1.44.